The van der Waals surface area contributed by atoms with Gasteiger partial charge in [-0.3, -0.25) is 0 Å². The van der Waals surface area contributed by atoms with Gasteiger partial charge in [-0.15, -0.1) is 0 Å². The van der Waals surface area contributed by atoms with Crippen molar-refractivity contribution in [3.05, 3.63) is 29.8 Å². The molecule has 2 aromatic rings. The second-order valence-corrected chi connectivity index (χ2v) is 3.34. The lowest BCUT2D eigenvalue weighted by atomic mass is 10.1. The Hall–Kier alpha value is -1.77. The molecule has 0 unspecified atom stereocenters. The van der Waals surface area contributed by atoms with E-state index in [1.807, 2.05) is 31.2 Å². The topological polar surface area (TPSA) is 31.4 Å². The van der Waals surface area contributed by atoms with Gasteiger partial charge in [-0.05, 0) is 18.6 Å². The molecule has 0 radical (unpaired) electrons. The first-order chi connectivity index (χ1) is 7.26. The van der Waals surface area contributed by atoms with Gasteiger partial charge in [0.15, 0.2) is 0 Å². The molecule has 78 valence electrons. The molecule has 1 aromatic heterocycles. The minimum Gasteiger partial charge on any atom is -0.494 e. The second-order valence-electron chi connectivity index (χ2n) is 3.34. The van der Waals surface area contributed by atoms with Crippen molar-refractivity contribution in [2.75, 3.05) is 14.2 Å². The van der Waals surface area contributed by atoms with Crippen LogP contribution in [0.15, 0.2) is 24.3 Å². The standard InChI is InChI=1S/C12H13NO2/c1-8-7-11(15-3)13-12-9(8)5-4-6-10(12)14-2/h4-7H,1-3H3. The van der Waals surface area contributed by atoms with Gasteiger partial charge in [-0.1, -0.05) is 12.1 Å². The fraction of sp³-hybridized carbons (Fsp3) is 0.250. The average molecular weight is 203 g/mol. The van der Waals surface area contributed by atoms with Gasteiger partial charge in [0.2, 0.25) is 5.88 Å². The molecule has 0 saturated heterocycles. The van der Waals surface area contributed by atoms with Crippen LogP contribution in [-0.2, 0) is 0 Å². The number of nitrogens with zero attached hydrogens (tertiary/aromatic N) is 1. The summed E-state index contributed by atoms with van der Waals surface area (Å²) in [6, 6.07) is 7.80. The van der Waals surface area contributed by atoms with Crippen molar-refractivity contribution in [3.63, 3.8) is 0 Å². The number of fused-ring (bicyclic) bond motifs is 1. The Morgan fingerprint density at radius 1 is 1.13 bits per heavy atom. The summed E-state index contributed by atoms with van der Waals surface area (Å²) in [6.45, 7) is 2.03. The molecule has 0 atom stereocenters. The zero-order valence-corrected chi connectivity index (χ0v) is 9.07. The number of ether oxygens (including phenoxy) is 2. The van der Waals surface area contributed by atoms with E-state index in [1.54, 1.807) is 14.2 Å². The normalized spacial score (nSPS) is 10.3. The summed E-state index contributed by atoms with van der Waals surface area (Å²) in [7, 11) is 3.26. The highest BCUT2D eigenvalue weighted by Gasteiger charge is 2.06. The highest BCUT2D eigenvalue weighted by molar-refractivity contribution is 5.87. The van der Waals surface area contributed by atoms with E-state index in [9.17, 15) is 0 Å². The lowest BCUT2D eigenvalue weighted by molar-refractivity contribution is 0.396. The van der Waals surface area contributed by atoms with Gasteiger partial charge in [0.1, 0.15) is 11.3 Å². The molecule has 0 aliphatic heterocycles. The quantitative estimate of drug-likeness (QED) is 0.751. The van der Waals surface area contributed by atoms with E-state index in [4.69, 9.17) is 9.47 Å². The third kappa shape index (κ3) is 1.61. The maximum atomic E-state index is 5.26. The molecule has 0 aliphatic carbocycles. The fourth-order valence-electron chi connectivity index (χ4n) is 1.63. The van der Waals surface area contributed by atoms with E-state index in [2.05, 4.69) is 4.98 Å². The van der Waals surface area contributed by atoms with Crippen molar-refractivity contribution >= 4 is 10.9 Å². The molecule has 0 N–H and O–H groups in total. The summed E-state index contributed by atoms with van der Waals surface area (Å²) in [6.07, 6.45) is 0. The largest absolute Gasteiger partial charge is 0.494 e. The fourth-order valence-corrected chi connectivity index (χ4v) is 1.63. The summed E-state index contributed by atoms with van der Waals surface area (Å²) in [5.74, 6) is 1.39. The van der Waals surface area contributed by atoms with E-state index in [1.165, 1.54) is 0 Å². The molecule has 3 heteroatoms. The molecule has 0 aliphatic rings. The third-order valence-electron chi connectivity index (χ3n) is 2.41. The molecule has 2 rings (SSSR count). The average Bonchev–Trinajstić information content (AvgIpc) is 2.28. The Labute approximate surface area is 88.7 Å². The van der Waals surface area contributed by atoms with Crippen molar-refractivity contribution in [2.45, 2.75) is 6.92 Å². The van der Waals surface area contributed by atoms with Crippen LogP contribution in [-0.4, -0.2) is 19.2 Å². The molecule has 0 saturated carbocycles. The number of para-hydroxylation sites is 1. The van der Waals surface area contributed by atoms with Crippen LogP contribution in [0.1, 0.15) is 5.56 Å². The van der Waals surface area contributed by atoms with Crippen LogP contribution in [0.4, 0.5) is 0 Å². The number of rotatable bonds is 2. The summed E-state index contributed by atoms with van der Waals surface area (Å²) < 4.78 is 10.4. The summed E-state index contributed by atoms with van der Waals surface area (Å²) >= 11 is 0. The number of methoxy groups -OCH3 is 2. The summed E-state index contributed by atoms with van der Waals surface area (Å²) in [5.41, 5.74) is 1.98. The summed E-state index contributed by atoms with van der Waals surface area (Å²) in [4.78, 5) is 4.38. The Kier molecular flexibility index (Phi) is 2.46. The molecule has 0 fully saturated rings. The SMILES string of the molecule is COc1cc(C)c2cccc(OC)c2n1. The predicted molar refractivity (Wildman–Crippen MR) is 59.6 cm³/mol. The van der Waals surface area contributed by atoms with Crippen molar-refractivity contribution in [3.8, 4) is 11.6 Å². The van der Waals surface area contributed by atoms with Gasteiger partial charge in [-0.25, -0.2) is 4.98 Å². The van der Waals surface area contributed by atoms with Crippen molar-refractivity contribution in [1.29, 1.82) is 0 Å². The lowest BCUT2D eigenvalue weighted by Gasteiger charge is -2.08. The minimum atomic E-state index is 0.615. The monoisotopic (exact) mass is 203 g/mol. The molecule has 1 heterocycles. The molecule has 0 spiro atoms. The van der Waals surface area contributed by atoms with Crippen LogP contribution >= 0.6 is 0 Å². The van der Waals surface area contributed by atoms with E-state index < -0.39 is 0 Å². The molecule has 0 bridgehead atoms. The predicted octanol–water partition coefficient (Wildman–Crippen LogP) is 2.56. The zero-order chi connectivity index (χ0) is 10.8. The molecule has 15 heavy (non-hydrogen) atoms. The van der Waals surface area contributed by atoms with Crippen LogP contribution in [0.5, 0.6) is 11.6 Å². The van der Waals surface area contributed by atoms with Crippen molar-refractivity contribution < 1.29 is 9.47 Å². The molecular formula is C12H13NO2. The highest BCUT2D eigenvalue weighted by Crippen LogP contribution is 2.28. The number of aryl methyl sites for hydroxylation is 1. The maximum absolute atomic E-state index is 5.26. The molecule has 0 amide bonds. The Balaban J connectivity index is 2.79. The van der Waals surface area contributed by atoms with E-state index in [-0.39, 0.29) is 0 Å². The number of hydrogen-bond donors (Lipinski definition) is 0. The first-order valence-electron chi connectivity index (χ1n) is 4.74. The van der Waals surface area contributed by atoms with Crippen LogP contribution in [0.2, 0.25) is 0 Å². The van der Waals surface area contributed by atoms with Gasteiger partial charge in [0.25, 0.3) is 0 Å². The summed E-state index contributed by atoms with van der Waals surface area (Å²) in [5, 5.41) is 1.09. The number of pyridine rings is 1. The lowest BCUT2D eigenvalue weighted by Crippen LogP contribution is -1.93. The van der Waals surface area contributed by atoms with E-state index in [0.29, 0.717) is 5.88 Å². The van der Waals surface area contributed by atoms with Gasteiger partial charge < -0.3 is 9.47 Å². The maximum Gasteiger partial charge on any atom is 0.213 e. The number of benzene rings is 1. The molecule has 3 nitrogen and oxygen atoms in total. The Morgan fingerprint density at radius 3 is 2.60 bits per heavy atom. The second kappa shape index (κ2) is 3.77. The first kappa shape index (κ1) is 9.77. The molecule has 1 aromatic carbocycles. The van der Waals surface area contributed by atoms with Crippen LogP contribution in [0.25, 0.3) is 10.9 Å². The first-order valence-corrected chi connectivity index (χ1v) is 4.74. The zero-order valence-electron chi connectivity index (χ0n) is 9.07. The van der Waals surface area contributed by atoms with Gasteiger partial charge in [-0.2, -0.15) is 0 Å². The number of aromatic nitrogens is 1. The highest BCUT2D eigenvalue weighted by atomic mass is 16.5. The third-order valence-corrected chi connectivity index (χ3v) is 2.41. The number of hydrogen-bond acceptors (Lipinski definition) is 3. The van der Waals surface area contributed by atoms with Crippen LogP contribution < -0.4 is 9.47 Å². The van der Waals surface area contributed by atoms with Crippen LogP contribution in [0.3, 0.4) is 0 Å². The van der Waals surface area contributed by atoms with E-state index >= 15 is 0 Å². The Bertz CT molecular complexity index is 494. The Morgan fingerprint density at radius 2 is 1.93 bits per heavy atom. The van der Waals surface area contributed by atoms with Gasteiger partial charge in [0, 0.05) is 11.5 Å². The molecular weight excluding hydrogens is 190 g/mol. The van der Waals surface area contributed by atoms with Gasteiger partial charge >= 0.3 is 0 Å². The van der Waals surface area contributed by atoms with Crippen LogP contribution in [0, 0.1) is 6.92 Å². The van der Waals surface area contributed by atoms with Crippen molar-refractivity contribution in [2.24, 2.45) is 0 Å². The van der Waals surface area contributed by atoms with Crippen molar-refractivity contribution in [1.82, 2.24) is 4.98 Å². The van der Waals surface area contributed by atoms with Gasteiger partial charge in [0.05, 0.1) is 14.2 Å². The smallest absolute Gasteiger partial charge is 0.213 e. The van der Waals surface area contributed by atoms with E-state index in [0.717, 1.165) is 22.2 Å². The minimum absolute atomic E-state index is 0.615.